The first-order chi connectivity index (χ1) is 15.5. The van der Waals surface area contributed by atoms with E-state index in [1.54, 1.807) is 45.0 Å². The number of fused-ring (bicyclic) bond motifs is 1. The molecule has 0 aliphatic heterocycles. The molecule has 0 aliphatic rings. The molecule has 33 heavy (non-hydrogen) atoms. The Kier molecular flexibility index (Phi) is 7.17. The van der Waals surface area contributed by atoms with Gasteiger partial charge in [0.25, 0.3) is 5.56 Å². The minimum absolute atomic E-state index is 0.0465. The first kappa shape index (κ1) is 24.4. The number of amides is 1. The summed E-state index contributed by atoms with van der Waals surface area (Å²) in [4.78, 5) is 29.9. The van der Waals surface area contributed by atoms with Gasteiger partial charge in [0.15, 0.2) is 11.5 Å². The third-order valence-corrected chi connectivity index (χ3v) is 4.87. The van der Waals surface area contributed by atoms with Gasteiger partial charge in [0.1, 0.15) is 23.5 Å². The van der Waals surface area contributed by atoms with E-state index in [1.165, 1.54) is 16.7 Å². The van der Waals surface area contributed by atoms with Gasteiger partial charge in [-0.2, -0.15) is 0 Å². The van der Waals surface area contributed by atoms with E-state index >= 15 is 0 Å². The minimum atomic E-state index is -0.611. The quantitative estimate of drug-likeness (QED) is 0.500. The van der Waals surface area contributed by atoms with Gasteiger partial charge < -0.3 is 19.9 Å². The van der Waals surface area contributed by atoms with Crippen molar-refractivity contribution in [3.63, 3.8) is 0 Å². The molecule has 0 radical (unpaired) electrons. The van der Waals surface area contributed by atoms with Crippen molar-refractivity contribution in [2.24, 2.45) is 0 Å². The van der Waals surface area contributed by atoms with Gasteiger partial charge in [0, 0.05) is 10.9 Å². The molecule has 2 aromatic carbocycles. The number of nitrogens with one attached hydrogen (secondary N) is 1. The molecule has 9 heteroatoms. The van der Waals surface area contributed by atoms with Crippen LogP contribution in [0.25, 0.3) is 16.6 Å². The second kappa shape index (κ2) is 9.70. The number of aromatic nitrogens is 2. The second-order valence-corrected chi connectivity index (χ2v) is 9.27. The van der Waals surface area contributed by atoms with E-state index in [4.69, 9.17) is 26.1 Å². The van der Waals surface area contributed by atoms with Crippen molar-refractivity contribution in [2.45, 2.75) is 46.1 Å². The van der Waals surface area contributed by atoms with E-state index in [9.17, 15) is 14.7 Å². The van der Waals surface area contributed by atoms with Gasteiger partial charge >= 0.3 is 6.09 Å². The number of ether oxygens (including phenoxy) is 2. The summed E-state index contributed by atoms with van der Waals surface area (Å²) in [6.07, 6.45) is -0.570. The predicted octanol–water partition coefficient (Wildman–Crippen LogP) is 4.77. The van der Waals surface area contributed by atoms with Crippen molar-refractivity contribution in [1.82, 2.24) is 14.9 Å². The van der Waals surface area contributed by atoms with Gasteiger partial charge in [0.05, 0.1) is 17.6 Å². The highest BCUT2D eigenvalue weighted by atomic mass is 35.5. The Morgan fingerprint density at radius 2 is 1.85 bits per heavy atom. The number of carbonyl (C=O) groups excluding carboxylic acids is 1. The molecule has 0 atom stereocenters. The van der Waals surface area contributed by atoms with Gasteiger partial charge in [-0.3, -0.25) is 9.36 Å². The average Bonchev–Trinajstić information content (AvgIpc) is 2.71. The molecule has 1 aromatic heterocycles. The molecule has 0 unspecified atom stereocenters. The molecule has 3 aromatic rings. The monoisotopic (exact) mass is 473 g/mol. The summed E-state index contributed by atoms with van der Waals surface area (Å²) in [7, 11) is 0. The van der Waals surface area contributed by atoms with Crippen molar-refractivity contribution in [1.29, 1.82) is 0 Å². The average molecular weight is 474 g/mol. The number of phenols is 1. The Hall–Kier alpha value is -3.26. The lowest BCUT2D eigenvalue weighted by molar-refractivity contribution is 0.0520. The third-order valence-electron chi connectivity index (χ3n) is 4.62. The van der Waals surface area contributed by atoms with Gasteiger partial charge in [-0.15, -0.1) is 0 Å². The number of nitrogens with zero attached hydrogens (tertiary/aromatic N) is 2. The molecule has 8 nitrogen and oxygen atoms in total. The van der Waals surface area contributed by atoms with Crippen LogP contribution in [0.4, 0.5) is 4.79 Å². The van der Waals surface area contributed by atoms with E-state index in [0.717, 1.165) is 0 Å². The van der Waals surface area contributed by atoms with Crippen LogP contribution in [0, 0.1) is 0 Å². The number of halogens is 1. The summed E-state index contributed by atoms with van der Waals surface area (Å²) < 4.78 is 12.5. The maximum Gasteiger partial charge on any atom is 0.407 e. The molecule has 0 aliphatic carbocycles. The molecule has 1 heterocycles. The molecule has 3 rings (SSSR count). The van der Waals surface area contributed by atoms with E-state index < -0.39 is 11.7 Å². The molecule has 0 bridgehead atoms. The van der Waals surface area contributed by atoms with Crippen LogP contribution in [-0.4, -0.2) is 39.5 Å². The van der Waals surface area contributed by atoms with Crippen LogP contribution < -0.4 is 15.6 Å². The van der Waals surface area contributed by atoms with Crippen molar-refractivity contribution in [2.75, 3.05) is 13.2 Å². The third kappa shape index (κ3) is 5.76. The molecule has 176 valence electrons. The number of phenolic OH excluding ortho intramolecular Hbond substituents is 1. The second-order valence-electron chi connectivity index (χ2n) is 8.83. The normalized spacial score (nSPS) is 11.6. The SMILES string of the molecule is CC(C)c1nc2c(OCCNC(=O)OC(C)(C)C)c(O)ccc2c(=O)n1-c1ccc(Cl)cc1. The van der Waals surface area contributed by atoms with Crippen LogP contribution in [0.5, 0.6) is 11.5 Å². The van der Waals surface area contributed by atoms with E-state index in [-0.39, 0.29) is 41.6 Å². The lowest BCUT2D eigenvalue weighted by atomic mass is 10.1. The number of carbonyl (C=O) groups is 1. The highest BCUT2D eigenvalue weighted by molar-refractivity contribution is 6.30. The Labute approximate surface area is 197 Å². The molecule has 0 spiro atoms. The Morgan fingerprint density at radius 3 is 2.45 bits per heavy atom. The smallest absolute Gasteiger partial charge is 0.407 e. The summed E-state index contributed by atoms with van der Waals surface area (Å²) in [6, 6.07) is 9.83. The van der Waals surface area contributed by atoms with Crippen LogP contribution >= 0.6 is 11.6 Å². The van der Waals surface area contributed by atoms with Crippen molar-refractivity contribution < 1.29 is 19.4 Å². The Balaban J connectivity index is 1.95. The molecule has 2 N–H and O–H groups in total. The fraction of sp³-hybridized carbons (Fsp3) is 0.375. The fourth-order valence-electron chi connectivity index (χ4n) is 3.22. The lowest BCUT2D eigenvalue weighted by Crippen LogP contribution is -2.34. The zero-order chi connectivity index (χ0) is 24.3. The maximum atomic E-state index is 13.4. The molecule has 0 saturated carbocycles. The van der Waals surface area contributed by atoms with E-state index in [2.05, 4.69) is 5.32 Å². The van der Waals surface area contributed by atoms with Crippen LogP contribution in [-0.2, 0) is 4.74 Å². The summed E-state index contributed by atoms with van der Waals surface area (Å²) in [6.45, 7) is 9.35. The number of rotatable bonds is 6. The fourth-order valence-corrected chi connectivity index (χ4v) is 3.35. The summed E-state index contributed by atoms with van der Waals surface area (Å²) in [5.74, 6) is 0.352. The number of alkyl carbamates (subject to hydrolysis) is 1. The highest BCUT2D eigenvalue weighted by Gasteiger charge is 2.20. The van der Waals surface area contributed by atoms with Gasteiger partial charge in [0.2, 0.25) is 0 Å². The van der Waals surface area contributed by atoms with Crippen molar-refractivity contribution >= 4 is 28.6 Å². The summed E-state index contributed by atoms with van der Waals surface area (Å²) >= 11 is 6.00. The number of aromatic hydroxyl groups is 1. The van der Waals surface area contributed by atoms with Crippen molar-refractivity contribution in [3.05, 3.63) is 57.6 Å². The molecule has 0 saturated heterocycles. The van der Waals surface area contributed by atoms with Gasteiger partial charge in [-0.1, -0.05) is 25.4 Å². The maximum absolute atomic E-state index is 13.4. The minimum Gasteiger partial charge on any atom is -0.504 e. The Morgan fingerprint density at radius 1 is 1.18 bits per heavy atom. The van der Waals surface area contributed by atoms with Crippen LogP contribution in [0.2, 0.25) is 5.02 Å². The number of hydrogen-bond donors (Lipinski definition) is 2. The number of hydrogen-bond acceptors (Lipinski definition) is 6. The first-order valence-electron chi connectivity index (χ1n) is 10.6. The van der Waals surface area contributed by atoms with Gasteiger partial charge in [-0.05, 0) is 57.2 Å². The molecular formula is C24H28ClN3O5. The largest absolute Gasteiger partial charge is 0.504 e. The zero-order valence-corrected chi connectivity index (χ0v) is 20.1. The van der Waals surface area contributed by atoms with Crippen LogP contribution in [0.15, 0.2) is 41.2 Å². The standard InChI is InChI=1S/C24H28ClN3O5/c1-14(2)21-27-19-17(22(30)28(21)16-8-6-15(25)7-9-16)10-11-18(29)20(19)32-13-12-26-23(31)33-24(3,4)5/h6-11,14,29H,12-13H2,1-5H3,(H,26,31). The summed E-state index contributed by atoms with van der Waals surface area (Å²) in [5.41, 5.74) is -0.00599. The highest BCUT2D eigenvalue weighted by Crippen LogP contribution is 2.33. The molecule has 0 fully saturated rings. The zero-order valence-electron chi connectivity index (χ0n) is 19.3. The summed E-state index contributed by atoms with van der Waals surface area (Å²) in [5, 5.41) is 13.9. The van der Waals surface area contributed by atoms with Crippen LogP contribution in [0.1, 0.15) is 46.4 Å². The first-order valence-corrected chi connectivity index (χ1v) is 11.0. The number of benzene rings is 2. The lowest BCUT2D eigenvalue weighted by Gasteiger charge is -2.20. The predicted molar refractivity (Wildman–Crippen MR) is 128 cm³/mol. The molecule has 1 amide bonds. The van der Waals surface area contributed by atoms with Crippen LogP contribution in [0.3, 0.4) is 0 Å². The van der Waals surface area contributed by atoms with E-state index in [0.29, 0.717) is 21.9 Å². The van der Waals surface area contributed by atoms with Gasteiger partial charge in [-0.25, -0.2) is 9.78 Å². The topological polar surface area (TPSA) is 103 Å². The van der Waals surface area contributed by atoms with E-state index in [1.807, 2.05) is 13.8 Å². The Bertz CT molecular complexity index is 1210. The molecular weight excluding hydrogens is 446 g/mol. The van der Waals surface area contributed by atoms with Crippen molar-refractivity contribution in [3.8, 4) is 17.2 Å².